The lowest BCUT2D eigenvalue weighted by Crippen LogP contribution is -2.18. The van der Waals surface area contributed by atoms with Crippen LogP contribution in [0.2, 0.25) is 0 Å². The van der Waals surface area contributed by atoms with E-state index in [2.05, 4.69) is 20.4 Å². The first-order chi connectivity index (χ1) is 18.3. The van der Waals surface area contributed by atoms with E-state index >= 15 is 4.39 Å². The molecular formula is C25H27FN8O4. The van der Waals surface area contributed by atoms with Gasteiger partial charge in [-0.05, 0) is 42.5 Å². The number of hydrogen-bond acceptors (Lipinski definition) is 9. The minimum atomic E-state index is -1.02. The smallest absolute Gasteiger partial charge is 0.349 e. The molecule has 4 rings (SSSR count). The predicted molar refractivity (Wildman–Crippen MR) is 140 cm³/mol. The highest BCUT2D eigenvalue weighted by Gasteiger charge is 2.27. The van der Waals surface area contributed by atoms with Crippen molar-refractivity contribution in [2.75, 3.05) is 38.5 Å². The number of halogens is 1. The van der Waals surface area contributed by atoms with Gasteiger partial charge in [-0.15, -0.1) is 5.10 Å². The fourth-order valence-electron chi connectivity index (χ4n) is 3.67. The highest BCUT2D eigenvalue weighted by Crippen LogP contribution is 2.35. The normalized spacial score (nSPS) is 11.7. The zero-order valence-electron chi connectivity index (χ0n) is 20.7. The molecule has 0 saturated carbocycles. The minimum Gasteiger partial charge on any atom is -0.497 e. The van der Waals surface area contributed by atoms with Gasteiger partial charge < -0.3 is 31.0 Å². The zero-order chi connectivity index (χ0) is 27.2. The van der Waals surface area contributed by atoms with E-state index in [0.29, 0.717) is 17.0 Å². The molecule has 0 aliphatic heterocycles. The molecule has 12 nitrogen and oxygen atoms in total. The van der Waals surface area contributed by atoms with Crippen LogP contribution in [0.15, 0.2) is 59.5 Å². The molecule has 198 valence electrons. The SMILES string of the molecule is COCCOc1cc(OC)cc(C(Nc2ccc(C(=N)N)cc2)c2nn(-c3ncccc3N)c(=O)[nH]2)c1F. The Hall–Kier alpha value is -4.91. The van der Waals surface area contributed by atoms with Gasteiger partial charge in [-0.25, -0.2) is 14.2 Å². The van der Waals surface area contributed by atoms with Crippen molar-refractivity contribution >= 4 is 17.2 Å². The van der Waals surface area contributed by atoms with Crippen molar-refractivity contribution in [3.63, 3.8) is 0 Å². The second kappa shape index (κ2) is 11.4. The molecule has 0 bridgehead atoms. The van der Waals surface area contributed by atoms with Crippen LogP contribution in [0, 0.1) is 11.2 Å². The highest BCUT2D eigenvalue weighted by molar-refractivity contribution is 5.95. The van der Waals surface area contributed by atoms with E-state index in [4.69, 9.17) is 31.1 Å². The molecule has 7 N–H and O–H groups in total. The Kier molecular flexibility index (Phi) is 7.87. The van der Waals surface area contributed by atoms with E-state index in [1.807, 2.05) is 0 Å². The molecule has 0 saturated heterocycles. The molecule has 4 aromatic rings. The van der Waals surface area contributed by atoms with Gasteiger partial charge in [0.25, 0.3) is 0 Å². The average Bonchev–Trinajstić information content (AvgIpc) is 3.30. The Morgan fingerprint density at radius 2 is 1.97 bits per heavy atom. The Labute approximate surface area is 216 Å². The molecular weight excluding hydrogens is 495 g/mol. The van der Waals surface area contributed by atoms with Crippen LogP contribution in [0.3, 0.4) is 0 Å². The van der Waals surface area contributed by atoms with Crippen molar-refractivity contribution in [3.8, 4) is 17.3 Å². The number of nitrogens with two attached hydrogens (primary N) is 2. The number of hydrogen-bond donors (Lipinski definition) is 5. The van der Waals surface area contributed by atoms with Gasteiger partial charge in [-0.1, -0.05) is 0 Å². The summed E-state index contributed by atoms with van der Waals surface area (Å²) in [5.41, 5.74) is 12.3. The van der Waals surface area contributed by atoms with Gasteiger partial charge in [0.15, 0.2) is 23.2 Å². The van der Waals surface area contributed by atoms with Gasteiger partial charge in [0.1, 0.15) is 24.2 Å². The predicted octanol–water partition coefficient (Wildman–Crippen LogP) is 2.20. The van der Waals surface area contributed by atoms with Crippen LogP contribution in [0.25, 0.3) is 5.82 Å². The number of anilines is 2. The van der Waals surface area contributed by atoms with E-state index in [-0.39, 0.29) is 47.7 Å². The van der Waals surface area contributed by atoms with Crippen molar-refractivity contribution < 1.29 is 18.6 Å². The number of rotatable bonds is 11. The Balaban J connectivity index is 1.84. The number of nitrogens with zero attached hydrogens (tertiary/aromatic N) is 3. The molecule has 2 aromatic heterocycles. The quantitative estimate of drug-likeness (QED) is 0.112. The van der Waals surface area contributed by atoms with Gasteiger partial charge in [0.05, 0.1) is 19.4 Å². The van der Waals surface area contributed by atoms with Gasteiger partial charge >= 0.3 is 5.69 Å². The first kappa shape index (κ1) is 26.2. The zero-order valence-corrected chi connectivity index (χ0v) is 20.7. The number of benzene rings is 2. The minimum absolute atomic E-state index is 0.0640. The Morgan fingerprint density at radius 1 is 1.21 bits per heavy atom. The molecule has 1 unspecified atom stereocenters. The number of nitrogens with one attached hydrogen (secondary N) is 3. The molecule has 38 heavy (non-hydrogen) atoms. The third-order valence-electron chi connectivity index (χ3n) is 5.57. The van der Waals surface area contributed by atoms with Crippen LogP contribution in [-0.4, -0.2) is 53.0 Å². The number of aromatic amines is 1. The molecule has 2 heterocycles. The van der Waals surface area contributed by atoms with Crippen LogP contribution in [0.4, 0.5) is 15.8 Å². The molecule has 0 aliphatic carbocycles. The fourth-order valence-corrected chi connectivity index (χ4v) is 3.67. The maximum absolute atomic E-state index is 15.9. The number of nitrogen functional groups attached to an aromatic ring is 2. The van der Waals surface area contributed by atoms with Crippen molar-refractivity contribution in [2.45, 2.75) is 6.04 Å². The lowest BCUT2D eigenvalue weighted by atomic mass is 10.0. The van der Waals surface area contributed by atoms with Gasteiger partial charge in [0.2, 0.25) is 0 Å². The van der Waals surface area contributed by atoms with E-state index in [0.717, 1.165) is 4.68 Å². The van der Waals surface area contributed by atoms with Crippen molar-refractivity contribution in [1.82, 2.24) is 19.7 Å². The largest absolute Gasteiger partial charge is 0.497 e. The molecule has 0 aliphatic rings. The molecule has 13 heteroatoms. The maximum atomic E-state index is 15.9. The summed E-state index contributed by atoms with van der Waals surface area (Å²) in [5.74, 6) is -0.326. The van der Waals surface area contributed by atoms with Crippen LogP contribution < -0.4 is 31.9 Å². The van der Waals surface area contributed by atoms with E-state index < -0.39 is 17.5 Å². The number of amidine groups is 1. The topological polar surface area (TPSA) is 179 Å². The van der Waals surface area contributed by atoms with Gasteiger partial charge in [-0.2, -0.15) is 4.68 Å². The second-order valence-corrected chi connectivity index (χ2v) is 8.08. The summed E-state index contributed by atoms with van der Waals surface area (Å²) in [6, 6.07) is 11.7. The van der Waals surface area contributed by atoms with Crippen molar-refractivity contribution in [2.24, 2.45) is 5.73 Å². The third-order valence-corrected chi connectivity index (χ3v) is 5.57. The number of ether oxygens (including phenoxy) is 3. The third kappa shape index (κ3) is 5.57. The lowest BCUT2D eigenvalue weighted by molar-refractivity contribution is 0.143. The summed E-state index contributed by atoms with van der Waals surface area (Å²) in [4.78, 5) is 19.7. The average molecular weight is 523 g/mol. The van der Waals surface area contributed by atoms with Gasteiger partial charge in [-0.3, -0.25) is 10.4 Å². The van der Waals surface area contributed by atoms with Crippen molar-refractivity contribution in [3.05, 3.63) is 88.0 Å². The maximum Gasteiger partial charge on any atom is 0.349 e. The number of H-pyrrole nitrogens is 1. The first-order valence-electron chi connectivity index (χ1n) is 11.4. The molecule has 2 aromatic carbocycles. The standard InChI is InChI=1S/C25H27FN8O4/c1-36-10-11-38-19-13-16(37-2)12-17(20(19)26)21(31-15-7-5-14(6-8-15)22(28)29)23-32-25(35)34(33-23)24-18(27)4-3-9-30-24/h3-9,12-13,21,31H,10-11,27H2,1-2H3,(H3,28,29)(H,32,33,35). The van der Waals surface area contributed by atoms with Crippen LogP contribution in [-0.2, 0) is 4.74 Å². The summed E-state index contributed by atoms with van der Waals surface area (Å²) >= 11 is 0. The van der Waals surface area contributed by atoms with Crippen LogP contribution >= 0.6 is 0 Å². The van der Waals surface area contributed by atoms with Crippen LogP contribution in [0.1, 0.15) is 23.0 Å². The lowest BCUT2D eigenvalue weighted by Gasteiger charge is -2.21. The number of pyridine rings is 1. The van der Waals surface area contributed by atoms with Crippen molar-refractivity contribution in [1.29, 1.82) is 5.41 Å². The molecule has 0 amide bonds. The Morgan fingerprint density at radius 3 is 2.63 bits per heavy atom. The summed E-state index contributed by atoms with van der Waals surface area (Å²) in [6.07, 6.45) is 1.48. The number of methoxy groups -OCH3 is 2. The van der Waals surface area contributed by atoms with Crippen LogP contribution in [0.5, 0.6) is 11.5 Å². The molecule has 0 radical (unpaired) electrons. The van der Waals surface area contributed by atoms with E-state index in [1.54, 1.807) is 36.4 Å². The molecule has 0 spiro atoms. The monoisotopic (exact) mass is 522 g/mol. The summed E-state index contributed by atoms with van der Waals surface area (Å²) in [6.45, 7) is 0.356. The second-order valence-electron chi connectivity index (χ2n) is 8.08. The van der Waals surface area contributed by atoms with E-state index in [9.17, 15) is 4.79 Å². The Bertz CT molecular complexity index is 1490. The molecule has 0 fully saturated rings. The molecule has 1 atom stereocenters. The first-order valence-corrected chi connectivity index (χ1v) is 11.4. The van der Waals surface area contributed by atoms with Gasteiger partial charge in [0, 0.05) is 36.2 Å². The summed E-state index contributed by atoms with van der Waals surface area (Å²) in [7, 11) is 2.95. The number of aromatic nitrogens is 4. The summed E-state index contributed by atoms with van der Waals surface area (Å²) in [5, 5.41) is 15.2. The summed E-state index contributed by atoms with van der Waals surface area (Å²) < 4.78 is 32.8. The van der Waals surface area contributed by atoms with E-state index in [1.165, 1.54) is 32.5 Å². The highest BCUT2D eigenvalue weighted by atomic mass is 19.1. The fraction of sp³-hybridized carbons (Fsp3) is 0.200.